The molecule has 2 heterocycles. The molecule has 35 heavy (non-hydrogen) atoms. The van der Waals surface area contributed by atoms with Crippen LogP contribution in [0.25, 0.3) is 21.9 Å². The van der Waals surface area contributed by atoms with Crippen molar-refractivity contribution >= 4 is 33.6 Å². The van der Waals surface area contributed by atoms with Gasteiger partial charge in [0.2, 0.25) is 5.95 Å². The molecule has 1 aliphatic carbocycles. The number of hydrogen-bond acceptors (Lipinski definition) is 7. The van der Waals surface area contributed by atoms with Crippen molar-refractivity contribution in [2.24, 2.45) is 5.92 Å². The quantitative estimate of drug-likeness (QED) is 0.398. The van der Waals surface area contributed by atoms with Gasteiger partial charge in [0, 0.05) is 37.6 Å². The molecule has 2 aromatic carbocycles. The third kappa shape index (κ3) is 5.15. The van der Waals surface area contributed by atoms with Crippen LogP contribution in [0.5, 0.6) is 0 Å². The molecule has 0 bridgehead atoms. The summed E-state index contributed by atoms with van der Waals surface area (Å²) in [6, 6.07) is 14.2. The molecule has 0 atom stereocenters. The third-order valence-corrected chi connectivity index (χ3v) is 6.93. The lowest BCUT2D eigenvalue weighted by atomic mass is 9.86. The summed E-state index contributed by atoms with van der Waals surface area (Å²) in [6.45, 7) is 3.42. The maximum atomic E-state index is 12.8. The Morgan fingerprint density at radius 3 is 2.63 bits per heavy atom. The summed E-state index contributed by atoms with van der Waals surface area (Å²) in [5.74, 6) is 2.23. The van der Waals surface area contributed by atoms with E-state index in [-0.39, 0.29) is 5.43 Å². The molecule has 0 amide bonds. The molecule has 0 aliphatic heterocycles. The van der Waals surface area contributed by atoms with Gasteiger partial charge in [-0.1, -0.05) is 23.8 Å². The smallest absolute Gasteiger partial charge is 0.225 e. The molecule has 2 aromatic heterocycles. The number of para-hydroxylation sites is 1. The van der Waals surface area contributed by atoms with E-state index in [2.05, 4.69) is 16.7 Å². The Balaban J connectivity index is 1.15. The average Bonchev–Trinajstić information content (AvgIpc) is 2.86. The number of benzene rings is 2. The van der Waals surface area contributed by atoms with Crippen LogP contribution in [0.1, 0.15) is 36.8 Å². The largest absolute Gasteiger partial charge is 0.464 e. The minimum Gasteiger partial charge on any atom is -0.464 e. The first-order valence-electron chi connectivity index (χ1n) is 12.4. The maximum absolute atomic E-state index is 12.8. The van der Waals surface area contributed by atoms with Gasteiger partial charge in [-0.15, -0.1) is 0 Å². The zero-order valence-corrected chi connectivity index (χ0v) is 20.7. The summed E-state index contributed by atoms with van der Waals surface area (Å²) in [5, 5.41) is 8.78. The van der Waals surface area contributed by atoms with Crippen LogP contribution >= 0.6 is 0 Å². The van der Waals surface area contributed by atoms with Gasteiger partial charge in [0.25, 0.3) is 0 Å². The maximum Gasteiger partial charge on any atom is 0.225 e. The van der Waals surface area contributed by atoms with E-state index < -0.39 is 0 Å². The van der Waals surface area contributed by atoms with Gasteiger partial charge in [-0.2, -0.15) is 4.98 Å². The molecule has 1 aliphatic rings. The van der Waals surface area contributed by atoms with Gasteiger partial charge in [-0.3, -0.25) is 4.79 Å². The summed E-state index contributed by atoms with van der Waals surface area (Å²) in [4.78, 5) is 24.4. The molecule has 2 N–H and O–H groups in total. The molecule has 1 fully saturated rings. The van der Waals surface area contributed by atoms with Crippen molar-refractivity contribution in [2.75, 3.05) is 30.9 Å². The zero-order valence-electron chi connectivity index (χ0n) is 20.7. The minimum absolute atomic E-state index is 0.0582. The van der Waals surface area contributed by atoms with Crippen LogP contribution < -0.4 is 21.0 Å². The topological polar surface area (TPSA) is 83.3 Å². The van der Waals surface area contributed by atoms with Crippen LogP contribution in [0.2, 0.25) is 0 Å². The highest BCUT2D eigenvalue weighted by molar-refractivity contribution is 5.90. The van der Waals surface area contributed by atoms with E-state index in [0.29, 0.717) is 41.0 Å². The summed E-state index contributed by atoms with van der Waals surface area (Å²) in [5.41, 5.74) is 3.40. The van der Waals surface area contributed by atoms with E-state index in [0.717, 1.165) is 54.5 Å². The first-order valence-corrected chi connectivity index (χ1v) is 12.4. The first kappa shape index (κ1) is 23.3. The number of hydrogen-bond donors (Lipinski definition) is 2. The Kier molecular flexibility index (Phi) is 6.68. The fourth-order valence-electron chi connectivity index (χ4n) is 4.98. The van der Waals surface area contributed by atoms with E-state index in [1.54, 1.807) is 6.26 Å². The normalized spacial score (nSPS) is 18.1. The van der Waals surface area contributed by atoms with Gasteiger partial charge in [0.05, 0.1) is 17.2 Å². The molecule has 5 rings (SSSR count). The van der Waals surface area contributed by atoms with Gasteiger partial charge in [-0.05, 0) is 69.3 Å². The van der Waals surface area contributed by atoms with Crippen molar-refractivity contribution in [2.45, 2.75) is 45.2 Å². The number of rotatable bonds is 7. The van der Waals surface area contributed by atoms with Crippen molar-refractivity contribution in [3.05, 3.63) is 70.1 Å². The Morgan fingerprint density at radius 1 is 1.03 bits per heavy atom. The summed E-state index contributed by atoms with van der Waals surface area (Å²) in [7, 11) is 4.03. The van der Waals surface area contributed by atoms with Crippen molar-refractivity contribution in [3.63, 3.8) is 0 Å². The van der Waals surface area contributed by atoms with Crippen LogP contribution in [0.3, 0.4) is 0 Å². The molecule has 0 saturated heterocycles. The van der Waals surface area contributed by atoms with Crippen molar-refractivity contribution < 1.29 is 4.42 Å². The molecule has 0 radical (unpaired) electrons. The van der Waals surface area contributed by atoms with Crippen LogP contribution in [-0.4, -0.2) is 36.6 Å². The number of anilines is 2. The van der Waals surface area contributed by atoms with E-state index in [9.17, 15) is 4.79 Å². The standard InChI is InChI=1S/C28H33N5O2/c1-18-8-13-25-23(14-18)26(34)20(17-35-25)16-29-15-19-9-11-21(12-10-19)30-28-31-24-7-5-4-6-22(24)27(32-28)33(2)3/h4-8,13-14,17,19,21,29H,9-12,15-16H2,1-3H3,(H,30,31,32)/t19-,21+. The number of nitrogens with one attached hydrogen (secondary N) is 2. The van der Waals surface area contributed by atoms with E-state index in [4.69, 9.17) is 14.4 Å². The zero-order chi connectivity index (χ0) is 24.4. The SMILES string of the molecule is Cc1ccc2occ(CNC[C@H]3CC[C@@H](Nc4nc(N(C)C)c5ccccc5n4)CC3)c(=O)c2c1. The lowest BCUT2D eigenvalue weighted by Crippen LogP contribution is -2.32. The molecule has 0 unspecified atom stereocenters. The fourth-order valence-corrected chi connectivity index (χ4v) is 4.98. The third-order valence-electron chi connectivity index (χ3n) is 6.93. The number of nitrogens with zero attached hydrogens (tertiary/aromatic N) is 3. The molecular weight excluding hydrogens is 438 g/mol. The molecule has 7 nitrogen and oxygen atoms in total. The molecule has 182 valence electrons. The van der Waals surface area contributed by atoms with Crippen molar-refractivity contribution in [1.82, 2.24) is 15.3 Å². The second-order valence-corrected chi connectivity index (χ2v) is 9.86. The van der Waals surface area contributed by atoms with Crippen LogP contribution in [-0.2, 0) is 6.54 Å². The van der Waals surface area contributed by atoms with E-state index in [1.165, 1.54) is 0 Å². The Morgan fingerprint density at radius 2 is 1.83 bits per heavy atom. The molecule has 0 spiro atoms. The van der Waals surface area contributed by atoms with Crippen LogP contribution in [0.15, 0.2) is 57.9 Å². The predicted molar refractivity (Wildman–Crippen MR) is 142 cm³/mol. The van der Waals surface area contributed by atoms with Crippen LogP contribution in [0, 0.1) is 12.8 Å². The molecule has 7 heteroatoms. The molecule has 1 saturated carbocycles. The fraction of sp³-hybridized carbons (Fsp3) is 0.393. The van der Waals surface area contributed by atoms with Gasteiger partial charge in [0.1, 0.15) is 11.4 Å². The van der Waals surface area contributed by atoms with E-state index in [1.807, 2.05) is 62.3 Å². The lowest BCUT2D eigenvalue weighted by molar-refractivity contribution is 0.323. The first-order chi connectivity index (χ1) is 17.0. The van der Waals surface area contributed by atoms with Gasteiger partial charge in [-0.25, -0.2) is 4.98 Å². The summed E-state index contributed by atoms with van der Waals surface area (Å²) >= 11 is 0. The Bertz CT molecular complexity index is 1390. The second-order valence-electron chi connectivity index (χ2n) is 9.86. The van der Waals surface area contributed by atoms with Crippen molar-refractivity contribution in [1.29, 1.82) is 0 Å². The second kappa shape index (κ2) is 10.0. The van der Waals surface area contributed by atoms with Crippen LogP contribution in [0.4, 0.5) is 11.8 Å². The average molecular weight is 472 g/mol. The number of aryl methyl sites for hydroxylation is 1. The van der Waals surface area contributed by atoms with E-state index >= 15 is 0 Å². The van der Waals surface area contributed by atoms with Gasteiger partial charge in [0.15, 0.2) is 5.43 Å². The monoisotopic (exact) mass is 471 g/mol. The number of aromatic nitrogens is 2. The van der Waals surface area contributed by atoms with Crippen molar-refractivity contribution in [3.8, 4) is 0 Å². The molecular formula is C28H33N5O2. The Labute approximate surface area is 205 Å². The highest BCUT2D eigenvalue weighted by Gasteiger charge is 2.22. The number of fused-ring (bicyclic) bond motifs is 2. The summed E-state index contributed by atoms with van der Waals surface area (Å²) in [6.07, 6.45) is 6.02. The Hall–Kier alpha value is -3.45. The summed E-state index contributed by atoms with van der Waals surface area (Å²) < 4.78 is 5.68. The van der Waals surface area contributed by atoms with Gasteiger partial charge >= 0.3 is 0 Å². The highest BCUT2D eigenvalue weighted by Crippen LogP contribution is 2.28. The predicted octanol–water partition coefficient (Wildman–Crippen LogP) is 4.87. The minimum atomic E-state index is 0.0582. The molecule has 4 aromatic rings. The van der Waals surface area contributed by atoms with Gasteiger partial charge < -0.3 is 20.0 Å². The lowest BCUT2D eigenvalue weighted by Gasteiger charge is -2.29. The highest BCUT2D eigenvalue weighted by atomic mass is 16.3.